The summed E-state index contributed by atoms with van der Waals surface area (Å²) in [6.45, 7) is -0.569. The number of nitrogens with two attached hydrogens (primary N) is 2. The fraction of sp³-hybridized carbons (Fsp3) is 0.450. The number of nitrogens with one attached hydrogen (secondary N) is 1. The number of carbonyl (C=O) groups excluding carboxylic acids is 1. The van der Waals surface area contributed by atoms with E-state index >= 15 is 0 Å². The number of aliphatic hydroxyl groups is 1. The van der Waals surface area contributed by atoms with Crippen molar-refractivity contribution in [3.63, 3.8) is 0 Å². The molecule has 0 aliphatic carbocycles. The normalized spacial score (nSPS) is 20.2. The first-order chi connectivity index (χ1) is 16.7. The SMILES string of the molecule is N=C/C(=C\N)CN1CCCCC[C@](O)(C(F)(F)F)c2nnc(o2)-c2nc(c(C(F)(F)F)cc2N)C1=O. The van der Waals surface area contributed by atoms with Crippen LogP contribution in [0.1, 0.15) is 47.6 Å². The largest absolute Gasteiger partial charge is 0.426 e. The molecule has 0 saturated carbocycles. The molecule has 1 aliphatic rings. The lowest BCUT2D eigenvalue weighted by Crippen LogP contribution is -2.42. The number of nitrogens with zero attached hydrogens (tertiary/aromatic N) is 4. The van der Waals surface area contributed by atoms with Gasteiger partial charge in [-0.1, -0.05) is 6.42 Å². The predicted octanol–water partition coefficient (Wildman–Crippen LogP) is 2.99. The smallest absolute Gasteiger partial charge is 0.416 e. The fourth-order valence-electron chi connectivity index (χ4n) is 3.56. The summed E-state index contributed by atoms with van der Waals surface area (Å²) in [4.78, 5) is 17.8. The van der Waals surface area contributed by atoms with E-state index in [2.05, 4.69) is 15.2 Å². The van der Waals surface area contributed by atoms with Gasteiger partial charge in [-0.25, -0.2) is 4.98 Å². The van der Waals surface area contributed by atoms with Gasteiger partial charge in [0.25, 0.3) is 17.7 Å². The third-order valence-electron chi connectivity index (χ3n) is 5.54. The molecule has 0 saturated heterocycles. The molecule has 1 amide bonds. The Morgan fingerprint density at radius 2 is 1.89 bits per heavy atom. The molecule has 2 aromatic heterocycles. The molecule has 196 valence electrons. The maximum absolute atomic E-state index is 13.8. The van der Waals surface area contributed by atoms with E-state index in [-0.39, 0.29) is 37.9 Å². The van der Waals surface area contributed by atoms with Crippen molar-refractivity contribution in [1.29, 1.82) is 5.41 Å². The number of pyridine rings is 1. The van der Waals surface area contributed by atoms with Gasteiger partial charge in [0.1, 0.15) is 5.69 Å². The van der Waals surface area contributed by atoms with Crippen LogP contribution in [0.25, 0.3) is 11.6 Å². The zero-order valence-electron chi connectivity index (χ0n) is 18.4. The molecule has 6 N–H and O–H groups in total. The van der Waals surface area contributed by atoms with Crippen molar-refractivity contribution >= 4 is 17.8 Å². The number of aromatic nitrogens is 3. The second-order valence-corrected chi connectivity index (χ2v) is 8.01. The van der Waals surface area contributed by atoms with E-state index in [0.717, 1.165) is 17.3 Å². The number of alkyl halides is 6. The molecule has 0 aromatic carbocycles. The first-order valence-electron chi connectivity index (χ1n) is 10.4. The summed E-state index contributed by atoms with van der Waals surface area (Å²) in [5.41, 5.74) is 3.64. The minimum Gasteiger partial charge on any atom is -0.416 e. The van der Waals surface area contributed by atoms with Crippen LogP contribution >= 0.6 is 0 Å². The molecule has 0 fully saturated rings. The minimum atomic E-state index is -5.22. The number of anilines is 1. The molecule has 2 aromatic rings. The molecule has 3 heterocycles. The third kappa shape index (κ3) is 5.12. The minimum absolute atomic E-state index is 0.0436. The quantitative estimate of drug-likeness (QED) is 0.353. The van der Waals surface area contributed by atoms with Crippen molar-refractivity contribution in [2.45, 2.75) is 43.6 Å². The van der Waals surface area contributed by atoms with Gasteiger partial charge in [-0.05, 0) is 25.3 Å². The Morgan fingerprint density at radius 1 is 1.19 bits per heavy atom. The predicted molar refractivity (Wildman–Crippen MR) is 112 cm³/mol. The van der Waals surface area contributed by atoms with Crippen molar-refractivity contribution in [3.8, 4) is 11.6 Å². The van der Waals surface area contributed by atoms with Crippen LogP contribution in [0.15, 0.2) is 22.3 Å². The number of fused-ring (bicyclic) bond motifs is 5. The summed E-state index contributed by atoms with van der Waals surface area (Å²) < 4.78 is 87.6. The number of nitrogen functional groups attached to an aromatic ring is 1. The number of hydrogen-bond acceptors (Lipinski definition) is 9. The molecule has 0 unspecified atom stereocenters. The Bertz CT molecular complexity index is 1180. The van der Waals surface area contributed by atoms with E-state index in [1.165, 1.54) is 0 Å². The van der Waals surface area contributed by atoms with Crippen molar-refractivity contribution in [3.05, 3.63) is 35.0 Å². The van der Waals surface area contributed by atoms with Gasteiger partial charge in [0.15, 0.2) is 5.69 Å². The number of halogens is 6. The van der Waals surface area contributed by atoms with Crippen LogP contribution in [-0.4, -0.2) is 56.6 Å². The van der Waals surface area contributed by atoms with Crippen molar-refractivity contribution < 1.29 is 40.7 Å². The Kier molecular flexibility index (Phi) is 7.29. The van der Waals surface area contributed by atoms with Crippen LogP contribution in [0.5, 0.6) is 0 Å². The van der Waals surface area contributed by atoms with Gasteiger partial charge in [0, 0.05) is 31.1 Å². The van der Waals surface area contributed by atoms with E-state index in [1.807, 2.05) is 0 Å². The topological polar surface area (TPSA) is 168 Å². The van der Waals surface area contributed by atoms with Gasteiger partial charge in [0.05, 0.1) is 11.3 Å². The van der Waals surface area contributed by atoms with E-state index in [4.69, 9.17) is 21.3 Å². The van der Waals surface area contributed by atoms with Gasteiger partial charge in [-0.3, -0.25) is 4.79 Å². The standard InChI is InChI=1S/C20H21F6N7O3/c21-19(22,23)11-6-12(29)14-15-31-32-17(36-15)18(35,20(24,25)26)4-2-1-3-5-33(9-10(7-27)8-28)16(34)13(11)30-14/h6-8,27,35H,1-5,9,28-29H2/b10-8+,27-7?/t18-/m1/s1. The summed E-state index contributed by atoms with van der Waals surface area (Å²) in [6, 6.07) is 0.385. The molecule has 3 rings (SSSR count). The lowest BCUT2D eigenvalue weighted by molar-refractivity contribution is -0.277. The molecular weight excluding hydrogens is 500 g/mol. The van der Waals surface area contributed by atoms with Gasteiger partial charge in [-0.2, -0.15) is 26.3 Å². The zero-order chi connectivity index (χ0) is 26.9. The highest BCUT2D eigenvalue weighted by Crippen LogP contribution is 2.43. The van der Waals surface area contributed by atoms with Gasteiger partial charge in [-0.15, -0.1) is 10.2 Å². The highest BCUT2D eigenvalue weighted by molar-refractivity contribution is 5.96. The van der Waals surface area contributed by atoms with E-state index < -0.39 is 64.7 Å². The molecule has 4 bridgehead atoms. The van der Waals surface area contributed by atoms with E-state index in [1.54, 1.807) is 0 Å². The summed E-state index contributed by atoms with van der Waals surface area (Å²) in [5.74, 6) is -3.24. The van der Waals surface area contributed by atoms with Crippen molar-refractivity contribution in [1.82, 2.24) is 20.1 Å². The number of hydrogen-bond donors (Lipinski definition) is 4. The fourth-order valence-corrected chi connectivity index (χ4v) is 3.56. The molecule has 16 heteroatoms. The monoisotopic (exact) mass is 521 g/mol. The van der Waals surface area contributed by atoms with Crippen LogP contribution in [0, 0.1) is 5.41 Å². The van der Waals surface area contributed by atoms with Crippen LogP contribution in [0.3, 0.4) is 0 Å². The number of amides is 1. The molecule has 1 aliphatic heterocycles. The Hall–Kier alpha value is -3.69. The van der Waals surface area contributed by atoms with E-state index in [0.29, 0.717) is 6.07 Å². The third-order valence-corrected chi connectivity index (χ3v) is 5.54. The summed E-state index contributed by atoms with van der Waals surface area (Å²) in [7, 11) is 0. The molecule has 0 spiro atoms. The maximum atomic E-state index is 13.8. The summed E-state index contributed by atoms with van der Waals surface area (Å²) in [5, 5.41) is 24.4. The summed E-state index contributed by atoms with van der Waals surface area (Å²) >= 11 is 0. The first-order valence-corrected chi connectivity index (χ1v) is 10.4. The van der Waals surface area contributed by atoms with E-state index in [9.17, 15) is 36.2 Å². The number of carbonyl (C=O) groups is 1. The Morgan fingerprint density at radius 3 is 2.47 bits per heavy atom. The highest BCUT2D eigenvalue weighted by Gasteiger charge is 2.58. The second-order valence-electron chi connectivity index (χ2n) is 8.01. The first kappa shape index (κ1) is 26.9. The van der Waals surface area contributed by atoms with Crippen molar-refractivity contribution in [2.24, 2.45) is 5.73 Å². The Labute approximate surface area is 199 Å². The van der Waals surface area contributed by atoms with Crippen molar-refractivity contribution in [2.75, 3.05) is 18.8 Å². The maximum Gasteiger partial charge on any atom is 0.426 e. The molecule has 10 nitrogen and oxygen atoms in total. The second kappa shape index (κ2) is 9.75. The average molecular weight is 521 g/mol. The average Bonchev–Trinajstić information content (AvgIpc) is 3.28. The highest BCUT2D eigenvalue weighted by atomic mass is 19.4. The molecule has 0 radical (unpaired) electrons. The van der Waals surface area contributed by atoms with Crippen LogP contribution < -0.4 is 11.5 Å². The molecular formula is C20H21F6N7O3. The van der Waals surface area contributed by atoms with Crippen LogP contribution in [-0.2, 0) is 11.8 Å². The lowest BCUT2D eigenvalue weighted by atomic mass is 9.95. The zero-order valence-corrected chi connectivity index (χ0v) is 18.4. The van der Waals surface area contributed by atoms with Crippen LogP contribution in [0.2, 0.25) is 0 Å². The van der Waals surface area contributed by atoms with Gasteiger partial charge < -0.3 is 31.3 Å². The molecule has 1 atom stereocenters. The van der Waals surface area contributed by atoms with Crippen LogP contribution in [0.4, 0.5) is 32.0 Å². The lowest BCUT2D eigenvalue weighted by Gasteiger charge is -2.27. The van der Waals surface area contributed by atoms with Gasteiger partial charge in [0.2, 0.25) is 5.60 Å². The van der Waals surface area contributed by atoms with Gasteiger partial charge >= 0.3 is 12.4 Å². The summed E-state index contributed by atoms with van der Waals surface area (Å²) in [6.07, 6.45) is -9.48. The Balaban J connectivity index is 2.24. The molecule has 36 heavy (non-hydrogen) atoms. The number of rotatable bonds is 3.